The van der Waals surface area contributed by atoms with Gasteiger partial charge in [-0.25, -0.2) is 8.78 Å². The lowest BCUT2D eigenvalue weighted by molar-refractivity contribution is -0.140. The van der Waals surface area contributed by atoms with Crippen LogP contribution in [0, 0.1) is 57.5 Å². The van der Waals surface area contributed by atoms with Gasteiger partial charge in [0.15, 0.2) is 11.6 Å². The molecule has 0 spiro atoms. The Hall–Kier alpha value is -11.6. The lowest BCUT2D eigenvalue weighted by atomic mass is 10.0. The largest absolute Gasteiger partial charge is 0.462 e. The molecule has 15 heterocycles. The number of hydrogen-bond acceptors (Lipinski definition) is 27. The molecule has 0 saturated carbocycles. The molecule has 6 aromatic heterocycles. The number of likely N-dealkylation sites (N-methyl/N-ethyl adjacent to an activating group) is 2. The number of halogens is 12. The van der Waals surface area contributed by atoms with Gasteiger partial charge < -0.3 is 63.2 Å². The summed E-state index contributed by atoms with van der Waals surface area (Å²) in [6, 6.07) is 6.48. The van der Waals surface area contributed by atoms with Gasteiger partial charge in [0, 0.05) is 139 Å². The van der Waals surface area contributed by atoms with E-state index in [-0.39, 0.29) is 148 Å². The second kappa shape index (κ2) is 41.2. The number of hydrogen-bond donors (Lipinski definition) is 0. The quantitative estimate of drug-likeness (QED) is 0.0450. The van der Waals surface area contributed by atoms with E-state index in [1.54, 1.807) is 19.6 Å². The molecule has 8 atom stereocenters. The molecule has 42 heteroatoms. The minimum Gasteiger partial charge on any atom is -0.462 e. The highest BCUT2D eigenvalue weighted by Gasteiger charge is 2.46. The van der Waals surface area contributed by atoms with Crippen LogP contribution < -0.4 is 43.6 Å². The first-order valence-corrected chi connectivity index (χ1v) is 43.6. The SMILES string of the molecule is C=CC(=O)N1CCN(c2nc(OC[C@@H]3CCCN3C)nc3c2CCN(c2cncc(Cl)c2C(F)(F)F)C3)C[C@@H]1CC#N.C=CC(=O)N1CCN(c2nc(OC[C@@H]3C[C@@H](C)CN3C(C)C)nc3c2CCN(c2cncc(F)c2C(F)(F)F)C3)C[C@@H]1CC#N.C=CC(=O)N1CCN(c2nc(OC[C@@H]3C[C@@H](C)CN3C)nc3c2CCN(c2cncc(F)c2C(F)(F)F)C3)CC1CC#N. The third-order valence-electron chi connectivity index (χ3n) is 25.4. The summed E-state index contributed by atoms with van der Waals surface area (Å²) in [4.78, 5) is 99.1. The molecule has 0 aromatic carbocycles. The van der Waals surface area contributed by atoms with E-state index in [4.69, 9.17) is 40.8 Å². The molecule has 9 aliphatic heterocycles. The third kappa shape index (κ3) is 21.8. The van der Waals surface area contributed by atoms with E-state index in [1.807, 2.05) is 28.8 Å². The summed E-state index contributed by atoms with van der Waals surface area (Å²) >= 11 is 5.96. The Morgan fingerprint density at radius 1 is 0.462 bits per heavy atom. The van der Waals surface area contributed by atoms with Crippen LogP contribution in [0.3, 0.4) is 0 Å². The molecule has 6 aromatic rings. The topological polar surface area (TPSA) is 305 Å². The molecule has 30 nitrogen and oxygen atoms in total. The zero-order valence-corrected chi connectivity index (χ0v) is 73.9. The van der Waals surface area contributed by atoms with Crippen LogP contribution in [-0.4, -0.2) is 266 Å². The second-order valence-corrected chi connectivity index (χ2v) is 34.7. The van der Waals surface area contributed by atoms with Gasteiger partial charge >= 0.3 is 36.6 Å². The lowest BCUT2D eigenvalue weighted by Crippen LogP contribution is -2.55. The van der Waals surface area contributed by atoms with E-state index in [0.717, 1.165) is 80.6 Å². The van der Waals surface area contributed by atoms with Crippen molar-refractivity contribution in [1.29, 1.82) is 15.8 Å². The second-order valence-electron chi connectivity index (χ2n) is 34.3. The van der Waals surface area contributed by atoms with E-state index in [2.05, 4.69) is 110 Å². The van der Waals surface area contributed by atoms with Gasteiger partial charge in [0.1, 0.15) is 54.0 Å². The average molecular weight is 1840 g/mol. The Labute approximate surface area is 751 Å². The first kappa shape index (κ1) is 96.0. The van der Waals surface area contributed by atoms with Gasteiger partial charge in [-0.1, -0.05) is 45.2 Å². The molecule has 0 radical (unpaired) electrons. The molecule has 3 amide bonds. The van der Waals surface area contributed by atoms with Gasteiger partial charge in [0.2, 0.25) is 17.7 Å². The molecule has 0 bridgehead atoms. The molecule has 6 fully saturated rings. The Bertz CT molecular complexity index is 5270. The fourth-order valence-corrected chi connectivity index (χ4v) is 19.3. The highest BCUT2D eigenvalue weighted by molar-refractivity contribution is 6.31. The Morgan fingerprint density at radius 2 is 0.815 bits per heavy atom. The number of amides is 3. The predicted octanol–water partition coefficient (Wildman–Crippen LogP) is 11.3. The summed E-state index contributed by atoms with van der Waals surface area (Å²) in [6.07, 6.45) is -0.176. The van der Waals surface area contributed by atoms with Crippen molar-refractivity contribution < 1.29 is 76.9 Å². The molecule has 9 aliphatic rings. The van der Waals surface area contributed by atoms with Gasteiger partial charge in [-0.2, -0.15) is 85.2 Å². The highest BCUT2D eigenvalue weighted by Crippen LogP contribution is 2.46. The monoisotopic (exact) mass is 1840 g/mol. The molecule has 6 saturated heterocycles. The zero-order chi connectivity index (χ0) is 93.4. The maximum Gasteiger partial charge on any atom is 0.421 e. The van der Waals surface area contributed by atoms with Crippen LogP contribution in [0.25, 0.3) is 0 Å². The number of nitrogens with zero attached hydrogens (tertiary/aromatic N) is 24. The van der Waals surface area contributed by atoms with Crippen molar-refractivity contribution in [1.82, 2.24) is 74.3 Å². The number of nitriles is 3. The standard InChI is InChI=1S/C31H38F4N8O2.C29H34F4N8O2.C28H32ClF3N8O2/c1-5-27(44)42-11-10-41(16-21(42)6-8-36)29-23-7-9-40(26-14-37-13-24(32)28(26)31(33,34)35)17-25(23)38-30(39-29)45-18-22-12-20(4)15-43(22)19(2)3;1-4-25(42)41-10-9-40(15-19(41)5-7-34)27-21-6-8-39(24-13-35-12-22(30)26(24)29(31,32)33)16-23(21)36-28(37-27)43-17-20-11-18(2)14-38(20)3;1-3-24(41)40-12-11-39(15-18(40)6-8-33)26-20-7-10-38(23-14-34-13-21(29)25(23)28(30,31)32)16-22(20)35-27(36-26)42-17-19-5-4-9-37(19)2/h5,13-14,19-22H,1,6-7,9-12,15-18H2,2-4H3;4,12-13,18-20H,1,5-6,8-11,14-17H2,2-3H3;3,13-14,18-19H,1,4-7,9-12,15-17H2,2H3/t20-,21+,22+;18-,19?,20+;18-,19-/m110/s1. The zero-order valence-electron chi connectivity index (χ0n) is 73.2. The van der Waals surface area contributed by atoms with Crippen LogP contribution in [0.4, 0.5) is 82.8 Å². The fourth-order valence-electron chi connectivity index (χ4n) is 19.0. The number of rotatable bonds is 22. The van der Waals surface area contributed by atoms with Crippen molar-refractivity contribution in [2.75, 3.05) is 161 Å². The lowest BCUT2D eigenvalue weighted by Gasteiger charge is -2.42. The first-order chi connectivity index (χ1) is 62.0. The van der Waals surface area contributed by atoms with Gasteiger partial charge in [-0.3, -0.25) is 39.1 Å². The molecular weight excluding hydrogens is 1730 g/mol. The molecule has 0 N–H and O–H groups in total. The number of fused-ring (bicyclic) bond motifs is 3. The van der Waals surface area contributed by atoms with E-state index in [9.17, 15) is 78.5 Å². The number of ether oxygens (including phenoxy) is 3. The number of anilines is 6. The third-order valence-corrected chi connectivity index (χ3v) is 25.7. The molecule has 1 unspecified atom stereocenters. The average Bonchev–Trinajstić information content (AvgIpc) is 0.848. The number of likely N-dealkylation sites (tertiary alicyclic amines) is 3. The van der Waals surface area contributed by atoms with Crippen LogP contribution >= 0.6 is 11.6 Å². The van der Waals surface area contributed by atoms with E-state index < -0.39 is 64.0 Å². The first-order valence-electron chi connectivity index (χ1n) is 43.3. The van der Waals surface area contributed by atoms with Crippen molar-refractivity contribution in [3.05, 3.63) is 142 Å². The summed E-state index contributed by atoms with van der Waals surface area (Å²) in [6.45, 7) is 27.2. The summed E-state index contributed by atoms with van der Waals surface area (Å²) in [5.41, 5.74) is -0.686. The Balaban J connectivity index is 0.000000166. The van der Waals surface area contributed by atoms with Crippen molar-refractivity contribution >= 4 is 63.8 Å². The van der Waals surface area contributed by atoms with Crippen molar-refractivity contribution in [3.63, 3.8) is 0 Å². The summed E-state index contributed by atoms with van der Waals surface area (Å²) in [5, 5.41) is 27.9. The number of pyridine rings is 3. The van der Waals surface area contributed by atoms with Crippen molar-refractivity contribution in [2.24, 2.45) is 11.8 Å². The Kier molecular flexibility index (Phi) is 30.4. The summed E-state index contributed by atoms with van der Waals surface area (Å²) in [5.74, 6) is -0.869. The molecular formula is C88H104ClF11N24O6. The minimum absolute atomic E-state index is 0.0354. The van der Waals surface area contributed by atoms with Gasteiger partial charge in [-0.05, 0) is 109 Å². The van der Waals surface area contributed by atoms with Crippen LogP contribution in [-0.2, 0) is 71.8 Å². The molecule has 130 heavy (non-hydrogen) atoms. The molecule has 0 aliphatic carbocycles. The smallest absolute Gasteiger partial charge is 0.421 e. The van der Waals surface area contributed by atoms with Crippen molar-refractivity contribution in [2.45, 2.75) is 172 Å². The number of piperazine rings is 3. The van der Waals surface area contributed by atoms with Crippen LogP contribution in [0.15, 0.2) is 75.1 Å². The van der Waals surface area contributed by atoms with Crippen LogP contribution in [0.2, 0.25) is 5.02 Å². The normalized spacial score (nSPS) is 22.1. The Morgan fingerprint density at radius 3 is 1.15 bits per heavy atom. The number of carbonyl (C=O) groups excluding carboxylic acids is 3. The van der Waals surface area contributed by atoms with Gasteiger partial charge in [0.25, 0.3) is 0 Å². The highest BCUT2D eigenvalue weighted by atomic mass is 35.5. The van der Waals surface area contributed by atoms with E-state index >= 15 is 0 Å². The maximum absolute atomic E-state index is 14.4. The summed E-state index contributed by atoms with van der Waals surface area (Å²) < 4.78 is 172. The number of carbonyl (C=O) groups is 3. The van der Waals surface area contributed by atoms with E-state index in [1.165, 1.54) is 34.2 Å². The fraction of sp³-hybridized carbons (Fsp3) is 0.557. The van der Waals surface area contributed by atoms with Gasteiger partial charge in [-0.15, -0.1) is 0 Å². The van der Waals surface area contributed by atoms with Gasteiger partial charge in [0.05, 0.1) is 145 Å². The number of alkyl halides is 9. The summed E-state index contributed by atoms with van der Waals surface area (Å²) in [7, 11) is 4.06. The molecule has 696 valence electrons. The van der Waals surface area contributed by atoms with Crippen LogP contribution in [0.5, 0.6) is 18.0 Å². The number of aromatic nitrogens is 9. The minimum atomic E-state index is -4.91. The molecule has 15 rings (SSSR count). The van der Waals surface area contributed by atoms with E-state index in [0.29, 0.717) is 150 Å². The van der Waals surface area contributed by atoms with Crippen molar-refractivity contribution in [3.8, 4) is 36.2 Å². The predicted molar refractivity (Wildman–Crippen MR) is 459 cm³/mol. The van der Waals surface area contributed by atoms with Crippen LogP contribution in [0.1, 0.15) is 123 Å². The maximum atomic E-state index is 14.4.